The van der Waals surface area contributed by atoms with E-state index in [4.69, 9.17) is 9.47 Å². The van der Waals surface area contributed by atoms with Crippen LogP contribution in [0.1, 0.15) is 51.9 Å². The van der Waals surface area contributed by atoms with Gasteiger partial charge in [-0.05, 0) is 57.1 Å². The van der Waals surface area contributed by atoms with Crippen LogP contribution in [0, 0.1) is 0 Å². The Kier molecular flexibility index (Phi) is 6.01. The van der Waals surface area contributed by atoms with Crippen molar-refractivity contribution in [2.24, 2.45) is 0 Å². The Balaban J connectivity index is 1.81. The van der Waals surface area contributed by atoms with Crippen LogP contribution in [-0.2, 0) is 9.47 Å². The zero-order valence-corrected chi connectivity index (χ0v) is 11.6. The van der Waals surface area contributed by atoms with Crippen LogP contribution in [-0.4, -0.2) is 31.9 Å². The normalized spacial score (nSPS) is 25.6. The van der Waals surface area contributed by atoms with Crippen molar-refractivity contribution < 1.29 is 9.47 Å². The summed E-state index contributed by atoms with van der Waals surface area (Å²) in [5, 5.41) is 3.66. The monoisotopic (exact) mass is 253 g/mol. The molecule has 3 heteroatoms. The summed E-state index contributed by atoms with van der Waals surface area (Å²) in [7, 11) is 0. The van der Waals surface area contributed by atoms with Crippen LogP contribution in [0.15, 0.2) is 11.8 Å². The fourth-order valence-electron chi connectivity index (χ4n) is 2.80. The number of hydrogen-bond donors (Lipinski definition) is 1. The molecule has 0 bridgehead atoms. The van der Waals surface area contributed by atoms with Crippen LogP contribution >= 0.6 is 0 Å². The van der Waals surface area contributed by atoms with E-state index in [0.29, 0.717) is 12.1 Å². The molecular formula is C15H27NO2. The molecule has 2 rings (SSSR count). The van der Waals surface area contributed by atoms with E-state index in [1.165, 1.54) is 44.1 Å². The minimum Gasteiger partial charge on any atom is -0.501 e. The van der Waals surface area contributed by atoms with Gasteiger partial charge in [-0.25, -0.2) is 0 Å². The van der Waals surface area contributed by atoms with Crippen molar-refractivity contribution in [3.63, 3.8) is 0 Å². The van der Waals surface area contributed by atoms with Gasteiger partial charge in [-0.1, -0.05) is 6.92 Å². The van der Waals surface area contributed by atoms with Crippen molar-refractivity contribution >= 4 is 0 Å². The molecule has 0 radical (unpaired) electrons. The molecule has 2 aliphatic rings. The van der Waals surface area contributed by atoms with Crippen molar-refractivity contribution in [1.29, 1.82) is 0 Å². The van der Waals surface area contributed by atoms with E-state index in [9.17, 15) is 0 Å². The molecule has 1 saturated heterocycles. The van der Waals surface area contributed by atoms with E-state index in [1.54, 1.807) is 0 Å². The van der Waals surface area contributed by atoms with Crippen LogP contribution in [0.4, 0.5) is 0 Å². The van der Waals surface area contributed by atoms with Gasteiger partial charge in [0.15, 0.2) is 0 Å². The second-order valence-corrected chi connectivity index (χ2v) is 5.39. The predicted octanol–water partition coefficient (Wildman–Crippen LogP) is 3.01. The molecule has 2 unspecified atom stereocenters. The van der Waals surface area contributed by atoms with Gasteiger partial charge in [0.2, 0.25) is 0 Å². The maximum Gasteiger partial charge on any atom is 0.0876 e. The van der Waals surface area contributed by atoms with Gasteiger partial charge in [0.05, 0.1) is 19.0 Å². The summed E-state index contributed by atoms with van der Waals surface area (Å²) in [5.41, 5.74) is 1.45. The van der Waals surface area contributed by atoms with E-state index in [2.05, 4.69) is 12.2 Å². The lowest BCUT2D eigenvalue weighted by atomic mass is 9.96. The lowest BCUT2D eigenvalue weighted by molar-refractivity contribution is 0.100. The lowest BCUT2D eigenvalue weighted by Gasteiger charge is -2.25. The first kappa shape index (κ1) is 13.9. The van der Waals surface area contributed by atoms with Gasteiger partial charge in [0.1, 0.15) is 0 Å². The first-order chi connectivity index (χ1) is 8.90. The first-order valence-electron chi connectivity index (χ1n) is 7.55. The number of hydrogen-bond acceptors (Lipinski definition) is 3. The molecule has 1 N–H and O–H groups in total. The van der Waals surface area contributed by atoms with E-state index in [0.717, 1.165) is 26.2 Å². The molecule has 0 aromatic heterocycles. The molecule has 1 fully saturated rings. The summed E-state index contributed by atoms with van der Waals surface area (Å²) in [4.78, 5) is 0. The Morgan fingerprint density at radius 3 is 3.00 bits per heavy atom. The smallest absolute Gasteiger partial charge is 0.0876 e. The van der Waals surface area contributed by atoms with E-state index in [-0.39, 0.29) is 0 Å². The van der Waals surface area contributed by atoms with Crippen LogP contribution < -0.4 is 5.32 Å². The van der Waals surface area contributed by atoms with Gasteiger partial charge >= 0.3 is 0 Å². The molecule has 2 heterocycles. The summed E-state index contributed by atoms with van der Waals surface area (Å²) in [6.45, 7) is 5.16. The maximum atomic E-state index is 5.72. The zero-order valence-electron chi connectivity index (χ0n) is 11.6. The lowest BCUT2D eigenvalue weighted by Crippen LogP contribution is -2.33. The standard InChI is InChI=1S/C15H27NO2/c1-2-9-16-15(13-5-3-10-17-12-13)8-7-14-6-4-11-18-14/h12,14-16H,2-11H2,1H3. The fourth-order valence-corrected chi connectivity index (χ4v) is 2.80. The van der Waals surface area contributed by atoms with Crippen LogP contribution in [0.25, 0.3) is 0 Å². The van der Waals surface area contributed by atoms with Crippen molar-refractivity contribution in [3.8, 4) is 0 Å². The minimum absolute atomic E-state index is 0.495. The van der Waals surface area contributed by atoms with Crippen molar-refractivity contribution in [3.05, 3.63) is 11.8 Å². The van der Waals surface area contributed by atoms with E-state index < -0.39 is 0 Å². The topological polar surface area (TPSA) is 30.5 Å². The fraction of sp³-hybridized carbons (Fsp3) is 0.867. The van der Waals surface area contributed by atoms with Crippen molar-refractivity contribution in [2.45, 2.75) is 64.0 Å². The molecule has 0 aromatic carbocycles. The number of nitrogens with one attached hydrogen (secondary N) is 1. The first-order valence-corrected chi connectivity index (χ1v) is 7.55. The molecule has 0 spiro atoms. The van der Waals surface area contributed by atoms with E-state index >= 15 is 0 Å². The summed E-state index contributed by atoms with van der Waals surface area (Å²) in [5.74, 6) is 0. The molecule has 0 aromatic rings. The second kappa shape index (κ2) is 7.80. The predicted molar refractivity (Wildman–Crippen MR) is 73.6 cm³/mol. The van der Waals surface area contributed by atoms with E-state index in [1.807, 2.05) is 6.26 Å². The maximum absolute atomic E-state index is 5.72. The Morgan fingerprint density at radius 2 is 2.33 bits per heavy atom. The summed E-state index contributed by atoms with van der Waals surface area (Å²) < 4.78 is 11.2. The van der Waals surface area contributed by atoms with Gasteiger partial charge in [-0.15, -0.1) is 0 Å². The molecular weight excluding hydrogens is 226 g/mol. The highest BCUT2D eigenvalue weighted by Gasteiger charge is 2.20. The Hall–Kier alpha value is -0.540. The van der Waals surface area contributed by atoms with Crippen LogP contribution in [0.5, 0.6) is 0 Å². The SMILES string of the molecule is CCCNC(CCC1CCCO1)C1=COCCC1. The molecule has 0 saturated carbocycles. The third kappa shape index (κ3) is 4.29. The van der Waals surface area contributed by atoms with Crippen LogP contribution in [0.3, 0.4) is 0 Å². The molecule has 18 heavy (non-hydrogen) atoms. The summed E-state index contributed by atoms with van der Waals surface area (Å²) in [6, 6.07) is 0.495. The molecule has 3 nitrogen and oxygen atoms in total. The molecule has 104 valence electrons. The molecule has 2 atom stereocenters. The third-order valence-corrected chi connectivity index (χ3v) is 3.85. The summed E-state index contributed by atoms with van der Waals surface area (Å²) in [6.07, 6.45) is 10.9. The van der Waals surface area contributed by atoms with Gasteiger partial charge in [0, 0.05) is 12.6 Å². The number of ether oxygens (including phenoxy) is 2. The highest BCUT2D eigenvalue weighted by Crippen LogP contribution is 2.23. The Morgan fingerprint density at radius 1 is 1.39 bits per heavy atom. The minimum atomic E-state index is 0.495. The third-order valence-electron chi connectivity index (χ3n) is 3.85. The Bertz CT molecular complexity index is 259. The molecule has 0 aliphatic carbocycles. The molecule has 0 amide bonds. The quantitative estimate of drug-likeness (QED) is 0.756. The van der Waals surface area contributed by atoms with Gasteiger partial charge < -0.3 is 14.8 Å². The zero-order chi connectivity index (χ0) is 12.6. The van der Waals surface area contributed by atoms with Crippen LogP contribution in [0.2, 0.25) is 0 Å². The summed E-state index contributed by atoms with van der Waals surface area (Å²) >= 11 is 0. The average Bonchev–Trinajstić information content (AvgIpc) is 2.93. The highest BCUT2D eigenvalue weighted by molar-refractivity contribution is 5.10. The van der Waals surface area contributed by atoms with Crippen molar-refractivity contribution in [2.75, 3.05) is 19.8 Å². The van der Waals surface area contributed by atoms with Gasteiger partial charge in [-0.3, -0.25) is 0 Å². The highest BCUT2D eigenvalue weighted by atomic mass is 16.5. The van der Waals surface area contributed by atoms with Gasteiger partial charge in [0.25, 0.3) is 0 Å². The molecule has 2 aliphatic heterocycles. The van der Waals surface area contributed by atoms with Crippen molar-refractivity contribution in [1.82, 2.24) is 5.32 Å². The van der Waals surface area contributed by atoms with Gasteiger partial charge in [-0.2, -0.15) is 0 Å². The second-order valence-electron chi connectivity index (χ2n) is 5.39. The number of rotatable bonds is 7. The average molecular weight is 253 g/mol. The Labute approximate surface area is 111 Å². The largest absolute Gasteiger partial charge is 0.501 e.